The van der Waals surface area contributed by atoms with Crippen LogP contribution >= 0.6 is 12.4 Å². The third kappa shape index (κ3) is 3.64. The van der Waals surface area contributed by atoms with Crippen molar-refractivity contribution in [2.45, 2.75) is 25.3 Å². The van der Waals surface area contributed by atoms with Crippen molar-refractivity contribution in [3.05, 3.63) is 0 Å². The van der Waals surface area contributed by atoms with Gasteiger partial charge < -0.3 is 15.5 Å². The lowest BCUT2D eigenvalue weighted by Crippen LogP contribution is -2.41. The topological polar surface area (TPSA) is 66.6 Å². The number of hydrogen-bond acceptors (Lipinski definition) is 3. The SMILES string of the molecule is CN(C)C(=O)CC(=O)N1CCCC1CN.Cl. The maximum absolute atomic E-state index is 11.8. The van der Waals surface area contributed by atoms with Crippen LogP contribution in [-0.2, 0) is 9.59 Å². The van der Waals surface area contributed by atoms with E-state index in [1.54, 1.807) is 19.0 Å². The Bertz CT molecular complexity index is 258. The Hall–Kier alpha value is -0.810. The van der Waals surface area contributed by atoms with Gasteiger partial charge in [-0.1, -0.05) is 0 Å². The fourth-order valence-electron chi connectivity index (χ4n) is 1.80. The van der Waals surface area contributed by atoms with Gasteiger partial charge in [-0.05, 0) is 12.8 Å². The summed E-state index contributed by atoms with van der Waals surface area (Å²) >= 11 is 0. The van der Waals surface area contributed by atoms with E-state index in [2.05, 4.69) is 0 Å². The van der Waals surface area contributed by atoms with Gasteiger partial charge in [-0.25, -0.2) is 0 Å². The summed E-state index contributed by atoms with van der Waals surface area (Å²) in [5.41, 5.74) is 5.56. The molecule has 0 saturated carbocycles. The van der Waals surface area contributed by atoms with Crippen molar-refractivity contribution in [2.75, 3.05) is 27.2 Å². The zero-order chi connectivity index (χ0) is 11.4. The summed E-state index contributed by atoms with van der Waals surface area (Å²) in [5, 5.41) is 0. The van der Waals surface area contributed by atoms with Crippen LogP contribution in [-0.4, -0.2) is 54.8 Å². The lowest BCUT2D eigenvalue weighted by molar-refractivity contribution is -0.139. The predicted molar refractivity (Wildman–Crippen MR) is 64.3 cm³/mol. The zero-order valence-corrected chi connectivity index (χ0v) is 10.6. The van der Waals surface area contributed by atoms with Gasteiger partial charge in [0.1, 0.15) is 6.42 Å². The second-order valence-corrected chi connectivity index (χ2v) is 4.08. The van der Waals surface area contributed by atoms with Crippen molar-refractivity contribution in [1.29, 1.82) is 0 Å². The molecule has 1 rings (SSSR count). The highest BCUT2D eigenvalue weighted by Gasteiger charge is 2.28. The van der Waals surface area contributed by atoms with Crippen LogP contribution in [0.3, 0.4) is 0 Å². The lowest BCUT2D eigenvalue weighted by Gasteiger charge is -2.23. The third-order valence-corrected chi connectivity index (χ3v) is 2.77. The molecule has 1 fully saturated rings. The molecular weight excluding hydrogens is 230 g/mol. The molecular formula is C10H20ClN3O2. The number of halogens is 1. The predicted octanol–water partition coefficient (Wildman–Crippen LogP) is -0.164. The van der Waals surface area contributed by atoms with E-state index in [-0.39, 0.29) is 36.7 Å². The number of hydrogen-bond donors (Lipinski definition) is 1. The van der Waals surface area contributed by atoms with Crippen molar-refractivity contribution in [2.24, 2.45) is 5.73 Å². The Morgan fingerprint density at radius 3 is 2.56 bits per heavy atom. The number of carbonyl (C=O) groups is 2. The number of nitrogens with zero attached hydrogens (tertiary/aromatic N) is 2. The van der Waals surface area contributed by atoms with Crippen LogP contribution in [0, 0.1) is 0 Å². The Balaban J connectivity index is 0.00000225. The zero-order valence-electron chi connectivity index (χ0n) is 9.81. The average Bonchev–Trinajstić information content (AvgIpc) is 2.64. The minimum Gasteiger partial charge on any atom is -0.348 e. The van der Waals surface area contributed by atoms with E-state index in [0.29, 0.717) is 6.54 Å². The minimum atomic E-state index is -0.150. The number of rotatable bonds is 3. The molecule has 0 aliphatic carbocycles. The highest BCUT2D eigenvalue weighted by molar-refractivity contribution is 5.96. The standard InChI is InChI=1S/C10H19N3O2.ClH/c1-12(2)9(14)6-10(15)13-5-3-4-8(13)7-11;/h8H,3-7,11H2,1-2H3;1H. The smallest absolute Gasteiger partial charge is 0.232 e. The van der Waals surface area contributed by atoms with Crippen molar-refractivity contribution in [3.63, 3.8) is 0 Å². The molecule has 0 aromatic heterocycles. The second kappa shape index (κ2) is 6.70. The van der Waals surface area contributed by atoms with Gasteiger partial charge in [-0.3, -0.25) is 9.59 Å². The monoisotopic (exact) mass is 249 g/mol. The van der Waals surface area contributed by atoms with E-state index < -0.39 is 0 Å². The maximum atomic E-state index is 11.8. The van der Waals surface area contributed by atoms with Crippen LogP contribution in [0.4, 0.5) is 0 Å². The van der Waals surface area contributed by atoms with Gasteiger partial charge in [-0.15, -0.1) is 12.4 Å². The normalized spacial score (nSPS) is 19.2. The Labute approximate surface area is 102 Å². The first-order chi connectivity index (χ1) is 7.06. The minimum absolute atomic E-state index is 0. The molecule has 0 bridgehead atoms. The van der Waals surface area contributed by atoms with E-state index in [0.717, 1.165) is 19.4 Å². The van der Waals surface area contributed by atoms with Gasteiger partial charge in [0.25, 0.3) is 0 Å². The molecule has 1 unspecified atom stereocenters. The fraction of sp³-hybridized carbons (Fsp3) is 0.800. The molecule has 0 radical (unpaired) electrons. The molecule has 5 nitrogen and oxygen atoms in total. The molecule has 0 spiro atoms. The molecule has 94 valence electrons. The number of nitrogens with two attached hydrogens (primary N) is 1. The summed E-state index contributed by atoms with van der Waals surface area (Å²) in [5.74, 6) is -0.246. The summed E-state index contributed by atoms with van der Waals surface area (Å²) in [6, 6.07) is 0.132. The molecule has 0 aromatic rings. The summed E-state index contributed by atoms with van der Waals surface area (Å²) in [6.07, 6.45) is 1.91. The molecule has 2 amide bonds. The van der Waals surface area contributed by atoms with Crippen molar-refractivity contribution >= 4 is 24.2 Å². The van der Waals surface area contributed by atoms with Gasteiger partial charge in [0.15, 0.2) is 0 Å². The van der Waals surface area contributed by atoms with Crippen molar-refractivity contribution in [1.82, 2.24) is 9.80 Å². The highest BCUT2D eigenvalue weighted by Crippen LogP contribution is 2.17. The Morgan fingerprint density at radius 1 is 1.44 bits per heavy atom. The largest absolute Gasteiger partial charge is 0.348 e. The molecule has 16 heavy (non-hydrogen) atoms. The average molecular weight is 250 g/mol. The van der Waals surface area contributed by atoms with Crippen LogP contribution in [0.2, 0.25) is 0 Å². The van der Waals surface area contributed by atoms with Crippen LogP contribution in [0.15, 0.2) is 0 Å². The van der Waals surface area contributed by atoms with Gasteiger partial charge in [0.05, 0.1) is 0 Å². The third-order valence-electron chi connectivity index (χ3n) is 2.77. The first-order valence-corrected chi connectivity index (χ1v) is 5.26. The molecule has 1 aliphatic rings. The lowest BCUT2D eigenvalue weighted by atomic mass is 10.2. The molecule has 1 heterocycles. The van der Waals surface area contributed by atoms with E-state index >= 15 is 0 Å². The summed E-state index contributed by atoms with van der Waals surface area (Å²) in [4.78, 5) is 26.3. The molecule has 0 aromatic carbocycles. The first-order valence-electron chi connectivity index (χ1n) is 5.26. The van der Waals surface area contributed by atoms with E-state index in [4.69, 9.17) is 5.73 Å². The highest BCUT2D eigenvalue weighted by atomic mass is 35.5. The van der Waals surface area contributed by atoms with E-state index in [1.807, 2.05) is 0 Å². The maximum Gasteiger partial charge on any atom is 0.232 e. The quantitative estimate of drug-likeness (QED) is 0.707. The van der Waals surface area contributed by atoms with Crippen LogP contribution < -0.4 is 5.73 Å². The Morgan fingerprint density at radius 2 is 2.06 bits per heavy atom. The van der Waals surface area contributed by atoms with Gasteiger partial charge in [0.2, 0.25) is 11.8 Å². The van der Waals surface area contributed by atoms with Gasteiger partial charge in [-0.2, -0.15) is 0 Å². The van der Waals surface area contributed by atoms with Crippen molar-refractivity contribution < 1.29 is 9.59 Å². The number of likely N-dealkylation sites (tertiary alicyclic amines) is 1. The van der Waals surface area contributed by atoms with E-state index in [9.17, 15) is 9.59 Å². The summed E-state index contributed by atoms with van der Waals surface area (Å²) < 4.78 is 0. The van der Waals surface area contributed by atoms with Crippen LogP contribution in [0.5, 0.6) is 0 Å². The van der Waals surface area contributed by atoms with Gasteiger partial charge in [0, 0.05) is 33.2 Å². The first kappa shape index (κ1) is 15.2. The number of amides is 2. The second-order valence-electron chi connectivity index (χ2n) is 4.08. The fourth-order valence-corrected chi connectivity index (χ4v) is 1.80. The van der Waals surface area contributed by atoms with Crippen LogP contribution in [0.1, 0.15) is 19.3 Å². The summed E-state index contributed by atoms with van der Waals surface area (Å²) in [7, 11) is 3.31. The molecule has 1 aliphatic heterocycles. The Kier molecular flexibility index (Phi) is 6.36. The van der Waals surface area contributed by atoms with E-state index in [1.165, 1.54) is 4.90 Å². The van der Waals surface area contributed by atoms with Gasteiger partial charge >= 0.3 is 0 Å². The molecule has 2 N–H and O–H groups in total. The van der Waals surface area contributed by atoms with Crippen molar-refractivity contribution in [3.8, 4) is 0 Å². The molecule has 6 heteroatoms. The summed E-state index contributed by atoms with van der Waals surface area (Å²) in [6.45, 7) is 1.23. The molecule has 1 saturated heterocycles. The molecule has 1 atom stereocenters. The van der Waals surface area contributed by atoms with Crippen LogP contribution in [0.25, 0.3) is 0 Å². The number of carbonyl (C=O) groups excluding carboxylic acids is 2.